The molecule has 0 unspecified atom stereocenters. The van der Waals surface area contributed by atoms with Gasteiger partial charge in [0.1, 0.15) is 5.82 Å². The molecule has 0 spiro atoms. The Hall–Kier alpha value is -1.95. The van der Waals surface area contributed by atoms with Crippen molar-refractivity contribution in [2.24, 2.45) is 5.73 Å². The Morgan fingerprint density at radius 2 is 2.11 bits per heavy atom. The van der Waals surface area contributed by atoms with Crippen molar-refractivity contribution in [2.45, 2.75) is 13.3 Å². The second-order valence-corrected chi connectivity index (χ2v) is 3.77. The van der Waals surface area contributed by atoms with Crippen LogP contribution in [-0.2, 0) is 4.79 Å². The molecule has 0 aromatic heterocycles. The largest absolute Gasteiger partial charge is 0.352 e. The maximum Gasteiger partial charge on any atom is 0.251 e. The van der Waals surface area contributed by atoms with Gasteiger partial charge in [-0.15, -0.1) is 0 Å². The summed E-state index contributed by atoms with van der Waals surface area (Å²) in [4.78, 5) is 22.5. The first-order chi connectivity index (χ1) is 8.54. The third-order valence-corrected chi connectivity index (χ3v) is 2.21. The first-order valence-electron chi connectivity index (χ1n) is 5.60. The number of amides is 2. The Labute approximate surface area is 105 Å². The zero-order valence-corrected chi connectivity index (χ0v) is 10.1. The maximum atomic E-state index is 13.3. The lowest BCUT2D eigenvalue weighted by Crippen LogP contribution is -2.26. The highest BCUT2D eigenvalue weighted by Gasteiger charge is 2.10. The molecule has 2 amide bonds. The molecule has 1 aromatic rings. The fourth-order valence-electron chi connectivity index (χ4n) is 1.36. The lowest BCUT2D eigenvalue weighted by molar-refractivity contribution is -0.114. The molecule has 5 nitrogen and oxygen atoms in total. The van der Waals surface area contributed by atoms with Crippen LogP contribution in [0.2, 0.25) is 0 Å². The van der Waals surface area contributed by atoms with Gasteiger partial charge in [-0.1, -0.05) is 0 Å². The van der Waals surface area contributed by atoms with E-state index in [1.165, 1.54) is 19.1 Å². The van der Waals surface area contributed by atoms with Crippen LogP contribution in [0.15, 0.2) is 18.2 Å². The summed E-state index contributed by atoms with van der Waals surface area (Å²) in [6.07, 6.45) is 0.672. The third-order valence-electron chi connectivity index (χ3n) is 2.21. The number of benzene rings is 1. The summed E-state index contributed by atoms with van der Waals surface area (Å²) in [5.41, 5.74) is 5.59. The second kappa shape index (κ2) is 6.70. The van der Waals surface area contributed by atoms with Gasteiger partial charge in [-0.2, -0.15) is 0 Å². The van der Waals surface area contributed by atoms with Crippen molar-refractivity contribution < 1.29 is 14.0 Å². The first kappa shape index (κ1) is 14.1. The molecule has 0 radical (unpaired) electrons. The quantitative estimate of drug-likeness (QED) is 0.680. The fraction of sp³-hybridized carbons (Fsp3) is 0.333. The van der Waals surface area contributed by atoms with Crippen LogP contribution in [0.3, 0.4) is 0 Å². The maximum absolute atomic E-state index is 13.3. The van der Waals surface area contributed by atoms with E-state index in [1.807, 2.05) is 0 Å². The molecule has 0 heterocycles. The van der Waals surface area contributed by atoms with Crippen molar-refractivity contribution >= 4 is 17.5 Å². The topological polar surface area (TPSA) is 84.2 Å². The lowest BCUT2D eigenvalue weighted by atomic mass is 10.1. The molecule has 0 atom stereocenters. The molecule has 0 saturated carbocycles. The number of nitrogens with one attached hydrogen (secondary N) is 2. The zero-order valence-electron chi connectivity index (χ0n) is 10.1. The fourth-order valence-corrected chi connectivity index (χ4v) is 1.36. The van der Waals surface area contributed by atoms with Crippen LogP contribution in [0.25, 0.3) is 0 Å². The molecule has 0 saturated heterocycles. The average Bonchev–Trinajstić information content (AvgIpc) is 2.31. The molecule has 18 heavy (non-hydrogen) atoms. The van der Waals surface area contributed by atoms with Crippen LogP contribution in [-0.4, -0.2) is 24.9 Å². The molecule has 1 aromatic carbocycles. The second-order valence-electron chi connectivity index (χ2n) is 3.77. The average molecular weight is 253 g/mol. The minimum Gasteiger partial charge on any atom is -0.352 e. The van der Waals surface area contributed by atoms with Crippen molar-refractivity contribution in [1.82, 2.24) is 5.32 Å². The van der Waals surface area contributed by atoms with Crippen molar-refractivity contribution in [2.75, 3.05) is 18.4 Å². The Balaban J connectivity index is 2.77. The van der Waals surface area contributed by atoms with Gasteiger partial charge >= 0.3 is 0 Å². The van der Waals surface area contributed by atoms with Gasteiger partial charge in [-0.3, -0.25) is 9.59 Å². The standard InChI is InChI=1S/C12H16FN3O2/c1-8(17)16-11-7-9(3-4-10(11)13)12(18)15-6-2-5-14/h3-4,7H,2,5-6,14H2,1H3,(H,15,18)(H,16,17). The van der Waals surface area contributed by atoms with Gasteiger partial charge in [0.05, 0.1) is 5.69 Å². The number of anilines is 1. The number of hydrogen-bond acceptors (Lipinski definition) is 3. The molecular weight excluding hydrogens is 237 g/mol. The van der Waals surface area contributed by atoms with Gasteiger partial charge in [0.15, 0.2) is 0 Å². The molecule has 4 N–H and O–H groups in total. The molecular formula is C12H16FN3O2. The van der Waals surface area contributed by atoms with Crippen molar-refractivity contribution in [3.8, 4) is 0 Å². The van der Waals surface area contributed by atoms with E-state index in [-0.39, 0.29) is 17.2 Å². The Morgan fingerprint density at radius 3 is 2.72 bits per heavy atom. The van der Waals surface area contributed by atoms with E-state index in [1.54, 1.807) is 0 Å². The molecule has 0 aliphatic heterocycles. The summed E-state index contributed by atoms with van der Waals surface area (Å²) >= 11 is 0. The predicted molar refractivity (Wildman–Crippen MR) is 66.7 cm³/mol. The van der Waals surface area contributed by atoms with Crippen molar-refractivity contribution in [3.05, 3.63) is 29.6 Å². The van der Waals surface area contributed by atoms with E-state index < -0.39 is 11.7 Å². The summed E-state index contributed by atoms with van der Waals surface area (Å²) in [6, 6.07) is 3.80. The lowest BCUT2D eigenvalue weighted by Gasteiger charge is -2.08. The van der Waals surface area contributed by atoms with Crippen LogP contribution in [0, 0.1) is 5.82 Å². The van der Waals surface area contributed by atoms with Crippen LogP contribution in [0.4, 0.5) is 10.1 Å². The summed E-state index contributed by atoms with van der Waals surface area (Å²) in [7, 11) is 0. The number of halogens is 1. The predicted octanol–water partition coefficient (Wildman–Crippen LogP) is 0.863. The molecule has 1 rings (SSSR count). The van der Waals surface area contributed by atoms with Gasteiger partial charge in [0, 0.05) is 19.0 Å². The normalized spacial score (nSPS) is 9.94. The van der Waals surface area contributed by atoms with E-state index in [9.17, 15) is 14.0 Å². The van der Waals surface area contributed by atoms with Gasteiger partial charge in [-0.05, 0) is 31.2 Å². The van der Waals surface area contributed by atoms with Gasteiger partial charge in [0.25, 0.3) is 5.91 Å². The SMILES string of the molecule is CC(=O)Nc1cc(C(=O)NCCCN)ccc1F. The summed E-state index contributed by atoms with van der Waals surface area (Å²) in [5.74, 6) is -1.30. The van der Waals surface area contributed by atoms with Crippen LogP contribution in [0.5, 0.6) is 0 Å². The van der Waals surface area contributed by atoms with Crippen LogP contribution < -0.4 is 16.4 Å². The monoisotopic (exact) mass is 253 g/mol. The summed E-state index contributed by atoms with van der Waals surface area (Å²) in [6.45, 7) is 2.22. The zero-order chi connectivity index (χ0) is 13.5. The Bertz CT molecular complexity index is 449. The smallest absolute Gasteiger partial charge is 0.251 e. The molecule has 0 aliphatic rings. The molecule has 98 valence electrons. The highest BCUT2D eigenvalue weighted by Crippen LogP contribution is 2.16. The number of carbonyl (C=O) groups is 2. The summed E-state index contributed by atoms with van der Waals surface area (Å²) in [5, 5.41) is 4.97. The van der Waals surface area contributed by atoms with Crippen molar-refractivity contribution in [3.63, 3.8) is 0 Å². The Kier molecular flexibility index (Phi) is 5.26. The summed E-state index contributed by atoms with van der Waals surface area (Å²) < 4.78 is 13.3. The van der Waals surface area contributed by atoms with E-state index in [0.29, 0.717) is 19.5 Å². The van der Waals surface area contributed by atoms with Gasteiger partial charge in [-0.25, -0.2) is 4.39 Å². The highest BCUT2D eigenvalue weighted by molar-refractivity contribution is 5.96. The van der Waals surface area contributed by atoms with Gasteiger partial charge in [0.2, 0.25) is 5.91 Å². The highest BCUT2D eigenvalue weighted by atomic mass is 19.1. The van der Waals surface area contributed by atoms with Gasteiger partial charge < -0.3 is 16.4 Å². The molecule has 0 aliphatic carbocycles. The molecule has 0 fully saturated rings. The van der Waals surface area contributed by atoms with Crippen molar-refractivity contribution in [1.29, 1.82) is 0 Å². The van der Waals surface area contributed by atoms with E-state index in [0.717, 1.165) is 6.07 Å². The number of nitrogens with two attached hydrogens (primary N) is 1. The first-order valence-corrected chi connectivity index (χ1v) is 5.60. The number of rotatable bonds is 5. The van der Waals surface area contributed by atoms with Crippen LogP contribution in [0.1, 0.15) is 23.7 Å². The van der Waals surface area contributed by atoms with E-state index in [2.05, 4.69) is 10.6 Å². The van der Waals surface area contributed by atoms with Crippen LogP contribution >= 0.6 is 0 Å². The van der Waals surface area contributed by atoms with E-state index in [4.69, 9.17) is 5.73 Å². The number of hydrogen-bond donors (Lipinski definition) is 3. The molecule has 0 bridgehead atoms. The molecule has 6 heteroatoms. The third kappa shape index (κ3) is 4.14. The Morgan fingerprint density at radius 1 is 1.39 bits per heavy atom. The number of carbonyl (C=O) groups excluding carboxylic acids is 2. The van der Waals surface area contributed by atoms with E-state index >= 15 is 0 Å². The minimum atomic E-state index is -0.580. The minimum absolute atomic E-state index is 0.00558.